The first-order chi connectivity index (χ1) is 11.9. The summed E-state index contributed by atoms with van der Waals surface area (Å²) in [5.74, 6) is 0.858. The maximum atomic E-state index is 4.72. The average Bonchev–Trinajstić information content (AvgIpc) is 3.05. The summed E-state index contributed by atoms with van der Waals surface area (Å²) >= 11 is 1.74. The second-order valence-electron chi connectivity index (χ2n) is 7.98. The third-order valence-electron chi connectivity index (χ3n) is 4.71. The van der Waals surface area contributed by atoms with Crippen molar-refractivity contribution in [3.05, 3.63) is 16.1 Å². The number of hydrogen-bond donors (Lipinski definition) is 2. The van der Waals surface area contributed by atoms with Crippen LogP contribution < -0.4 is 10.6 Å². The minimum atomic E-state index is 0.119. The molecular weight excluding hydrogens is 330 g/mol. The van der Waals surface area contributed by atoms with Gasteiger partial charge in [-0.25, -0.2) is 4.98 Å². The largest absolute Gasteiger partial charge is 0.356 e. The predicted molar refractivity (Wildman–Crippen MR) is 109 cm³/mol. The van der Waals surface area contributed by atoms with Crippen molar-refractivity contribution in [3.8, 4) is 0 Å². The van der Waals surface area contributed by atoms with Crippen LogP contribution in [0.2, 0.25) is 0 Å². The number of hydrogen-bond acceptors (Lipinski definition) is 4. The van der Waals surface area contributed by atoms with Crippen LogP contribution in [0.15, 0.2) is 10.4 Å². The van der Waals surface area contributed by atoms with Crippen LogP contribution in [0.1, 0.15) is 64.1 Å². The molecule has 0 bridgehead atoms. The van der Waals surface area contributed by atoms with Gasteiger partial charge in [0.05, 0.1) is 17.2 Å². The van der Waals surface area contributed by atoms with Crippen LogP contribution in [0.25, 0.3) is 0 Å². The molecule has 0 amide bonds. The summed E-state index contributed by atoms with van der Waals surface area (Å²) in [4.78, 5) is 11.7. The molecule has 1 saturated heterocycles. The Morgan fingerprint density at radius 3 is 2.80 bits per heavy atom. The van der Waals surface area contributed by atoms with Crippen LogP contribution in [0.4, 0.5) is 0 Å². The first kappa shape index (κ1) is 20.2. The molecule has 0 saturated carbocycles. The lowest BCUT2D eigenvalue weighted by molar-refractivity contribution is 0.159. The summed E-state index contributed by atoms with van der Waals surface area (Å²) in [6, 6.07) is 0.743. The van der Waals surface area contributed by atoms with Crippen molar-refractivity contribution in [2.24, 2.45) is 4.99 Å². The molecule has 1 aliphatic heterocycles. The second-order valence-corrected chi connectivity index (χ2v) is 8.84. The molecule has 0 radical (unpaired) electrons. The van der Waals surface area contributed by atoms with Gasteiger partial charge in [0.25, 0.3) is 0 Å². The van der Waals surface area contributed by atoms with E-state index in [9.17, 15) is 0 Å². The molecule has 6 heteroatoms. The van der Waals surface area contributed by atoms with Gasteiger partial charge in [0.1, 0.15) is 0 Å². The number of piperidine rings is 1. The molecule has 25 heavy (non-hydrogen) atoms. The average molecular weight is 366 g/mol. The SMILES string of the molecule is CN=C(NCCCN1CCCCC1C)NCc1csc(C(C)(C)C)n1. The van der Waals surface area contributed by atoms with Gasteiger partial charge in [-0.15, -0.1) is 11.3 Å². The van der Waals surface area contributed by atoms with Gasteiger partial charge in [0.2, 0.25) is 0 Å². The highest BCUT2D eigenvalue weighted by molar-refractivity contribution is 7.09. The van der Waals surface area contributed by atoms with Gasteiger partial charge in [-0.05, 0) is 32.7 Å². The van der Waals surface area contributed by atoms with Gasteiger partial charge in [-0.2, -0.15) is 0 Å². The summed E-state index contributed by atoms with van der Waals surface area (Å²) < 4.78 is 0. The van der Waals surface area contributed by atoms with Gasteiger partial charge in [0.15, 0.2) is 5.96 Å². The molecule has 2 rings (SSSR count). The zero-order valence-corrected chi connectivity index (χ0v) is 17.4. The number of nitrogens with zero attached hydrogens (tertiary/aromatic N) is 3. The molecule has 5 nitrogen and oxygen atoms in total. The third-order valence-corrected chi connectivity index (χ3v) is 6.03. The number of aromatic nitrogens is 1. The van der Waals surface area contributed by atoms with Crippen molar-refractivity contribution >= 4 is 17.3 Å². The predicted octanol–water partition coefficient (Wildman–Crippen LogP) is 3.37. The third kappa shape index (κ3) is 6.59. The topological polar surface area (TPSA) is 52.6 Å². The summed E-state index contributed by atoms with van der Waals surface area (Å²) in [6.45, 7) is 13.1. The molecule has 1 aliphatic rings. The Morgan fingerprint density at radius 1 is 1.36 bits per heavy atom. The zero-order valence-electron chi connectivity index (χ0n) is 16.6. The van der Waals surface area contributed by atoms with E-state index in [2.05, 4.69) is 53.6 Å². The Balaban J connectivity index is 1.67. The van der Waals surface area contributed by atoms with Gasteiger partial charge in [-0.3, -0.25) is 4.99 Å². The van der Waals surface area contributed by atoms with E-state index in [1.807, 2.05) is 7.05 Å². The highest BCUT2D eigenvalue weighted by Crippen LogP contribution is 2.25. The lowest BCUT2D eigenvalue weighted by Gasteiger charge is -2.33. The molecule has 0 aromatic carbocycles. The first-order valence-corrected chi connectivity index (χ1v) is 10.4. The van der Waals surface area contributed by atoms with Crippen LogP contribution in [0, 0.1) is 0 Å². The van der Waals surface area contributed by atoms with Crippen LogP contribution >= 0.6 is 11.3 Å². The quantitative estimate of drug-likeness (QED) is 0.461. The van der Waals surface area contributed by atoms with E-state index in [0.29, 0.717) is 0 Å². The van der Waals surface area contributed by atoms with Crippen LogP contribution in [0.5, 0.6) is 0 Å². The van der Waals surface area contributed by atoms with Crippen molar-refractivity contribution in [1.29, 1.82) is 0 Å². The molecule has 0 aliphatic carbocycles. The van der Waals surface area contributed by atoms with Crippen LogP contribution in [-0.2, 0) is 12.0 Å². The number of guanidine groups is 1. The van der Waals surface area contributed by atoms with Crippen molar-refractivity contribution < 1.29 is 0 Å². The van der Waals surface area contributed by atoms with E-state index < -0.39 is 0 Å². The molecule has 2 heterocycles. The maximum Gasteiger partial charge on any atom is 0.191 e. The minimum absolute atomic E-state index is 0.119. The minimum Gasteiger partial charge on any atom is -0.356 e. The molecule has 1 aromatic rings. The number of rotatable bonds is 6. The zero-order chi connectivity index (χ0) is 18.3. The summed E-state index contributed by atoms with van der Waals surface area (Å²) in [6.07, 6.45) is 5.24. The highest BCUT2D eigenvalue weighted by atomic mass is 32.1. The molecule has 1 unspecified atom stereocenters. The fraction of sp³-hybridized carbons (Fsp3) is 0.789. The van der Waals surface area contributed by atoms with E-state index >= 15 is 0 Å². The van der Waals surface area contributed by atoms with Crippen molar-refractivity contribution in [2.45, 2.75) is 71.4 Å². The number of nitrogens with one attached hydrogen (secondary N) is 2. The Morgan fingerprint density at radius 2 is 2.16 bits per heavy atom. The van der Waals surface area contributed by atoms with Gasteiger partial charge >= 0.3 is 0 Å². The standard InChI is InChI=1S/C19H35N5S/c1-15-9-6-7-11-24(15)12-8-10-21-18(20-5)22-13-16-14-25-17(23-16)19(2,3)4/h14-15H,6-13H2,1-5H3,(H2,20,21,22). The monoisotopic (exact) mass is 365 g/mol. The lowest BCUT2D eigenvalue weighted by Crippen LogP contribution is -2.41. The summed E-state index contributed by atoms with van der Waals surface area (Å²) in [7, 11) is 1.82. The molecule has 142 valence electrons. The van der Waals surface area contributed by atoms with Crippen LogP contribution in [0.3, 0.4) is 0 Å². The summed E-state index contributed by atoms with van der Waals surface area (Å²) in [5, 5.41) is 10.1. The van der Waals surface area contributed by atoms with Gasteiger partial charge < -0.3 is 15.5 Å². The van der Waals surface area contributed by atoms with E-state index in [1.165, 1.54) is 37.4 Å². The maximum absolute atomic E-state index is 4.72. The molecule has 1 atom stereocenters. The first-order valence-electron chi connectivity index (χ1n) is 9.53. The molecule has 1 aromatic heterocycles. The normalized spacial score (nSPS) is 19.9. The van der Waals surface area contributed by atoms with E-state index in [4.69, 9.17) is 4.98 Å². The molecule has 1 fully saturated rings. The molecular formula is C19H35N5S. The van der Waals surface area contributed by atoms with E-state index in [0.717, 1.165) is 37.2 Å². The number of likely N-dealkylation sites (tertiary alicyclic amines) is 1. The van der Waals surface area contributed by atoms with Crippen molar-refractivity contribution in [3.63, 3.8) is 0 Å². The van der Waals surface area contributed by atoms with Crippen LogP contribution in [-0.4, -0.2) is 48.6 Å². The second kappa shape index (κ2) is 9.53. The number of thiazole rings is 1. The fourth-order valence-electron chi connectivity index (χ4n) is 3.11. The van der Waals surface area contributed by atoms with Crippen molar-refractivity contribution in [2.75, 3.05) is 26.7 Å². The fourth-order valence-corrected chi connectivity index (χ4v) is 4.01. The Kier molecular flexibility index (Phi) is 7.69. The molecule has 2 N–H and O–H groups in total. The Hall–Kier alpha value is -1.14. The van der Waals surface area contributed by atoms with Gasteiger partial charge in [-0.1, -0.05) is 27.2 Å². The summed E-state index contributed by atoms with van der Waals surface area (Å²) in [5.41, 5.74) is 1.20. The smallest absolute Gasteiger partial charge is 0.191 e. The molecule has 0 spiro atoms. The lowest BCUT2D eigenvalue weighted by atomic mass is 9.98. The highest BCUT2D eigenvalue weighted by Gasteiger charge is 2.18. The number of aliphatic imine (C=N–C) groups is 1. The Bertz CT molecular complexity index is 546. The van der Waals surface area contributed by atoms with E-state index in [1.54, 1.807) is 11.3 Å². The van der Waals surface area contributed by atoms with E-state index in [-0.39, 0.29) is 5.41 Å². The van der Waals surface area contributed by atoms with Gasteiger partial charge in [0, 0.05) is 37.0 Å². The van der Waals surface area contributed by atoms with Crippen molar-refractivity contribution in [1.82, 2.24) is 20.5 Å². The Labute approximate surface area is 157 Å².